The molecular weight excluding hydrogens is 232 g/mol. The largest absolute Gasteiger partial charge is 0.295 e. The zero-order chi connectivity index (χ0) is 12.1. The second-order valence-corrected chi connectivity index (χ2v) is 5.31. The lowest BCUT2D eigenvalue weighted by atomic mass is 9.98. The third-order valence-electron chi connectivity index (χ3n) is 3.51. The first-order valence-corrected chi connectivity index (χ1v) is 7.02. The van der Waals surface area contributed by atoms with Crippen molar-refractivity contribution in [1.82, 2.24) is 9.88 Å². The smallest absolute Gasteiger partial charge is 0.0558 e. The Balaban J connectivity index is 2.00. The number of hydrogen-bond acceptors (Lipinski definition) is 2. The van der Waals surface area contributed by atoms with Crippen molar-refractivity contribution in [2.45, 2.75) is 51.6 Å². The van der Waals surface area contributed by atoms with Crippen LogP contribution in [0.25, 0.3) is 0 Å². The van der Waals surface area contributed by atoms with Crippen molar-refractivity contribution >= 4 is 11.6 Å². The number of likely N-dealkylation sites (tertiary alicyclic amines) is 1. The fourth-order valence-corrected chi connectivity index (χ4v) is 2.85. The van der Waals surface area contributed by atoms with Crippen LogP contribution in [0, 0.1) is 0 Å². The lowest BCUT2D eigenvalue weighted by Crippen LogP contribution is -2.38. The Kier molecular flexibility index (Phi) is 4.81. The van der Waals surface area contributed by atoms with E-state index in [2.05, 4.69) is 16.8 Å². The van der Waals surface area contributed by atoms with Gasteiger partial charge < -0.3 is 0 Å². The van der Waals surface area contributed by atoms with Gasteiger partial charge in [0.25, 0.3) is 0 Å². The molecule has 0 aromatic carbocycles. The number of pyridine rings is 1. The minimum atomic E-state index is 0.745. The molecule has 2 rings (SSSR count). The van der Waals surface area contributed by atoms with Crippen LogP contribution >= 0.6 is 11.6 Å². The van der Waals surface area contributed by atoms with Crippen LogP contribution in [0.1, 0.15) is 44.7 Å². The molecule has 0 amide bonds. The molecule has 94 valence electrons. The molecule has 0 aliphatic carbocycles. The average molecular weight is 253 g/mol. The van der Waals surface area contributed by atoms with Crippen molar-refractivity contribution in [2.75, 3.05) is 6.54 Å². The predicted molar refractivity (Wildman–Crippen MR) is 72.2 cm³/mol. The molecule has 1 saturated heterocycles. The van der Waals surface area contributed by atoms with Crippen LogP contribution in [0.5, 0.6) is 0 Å². The van der Waals surface area contributed by atoms with E-state index in [9.17, 15) is 0 Å². The highest BCUT2D eigenvalue weighted by Crippen LogP contribution is 2.22. The van der Waals surface area contributed by atoms with Crippen LogP contribution in [-0.4, -0.2) is 22.5 Å². The van der Waals surface area contributed by atoms with Crippen molar-refractivity contribution in [3.8, 4) is 0 Å². The van der Waals surface area contributed by atoms with Crippen LogP contribution in [-0.2, 0) is 6.54 Å². The highest BCUT2D eigenvalue weighted by atomic mass is 35.5. The summed E-state index contributed by atoms with van der Waals surface area (Å²) in [6.07, 6.45) is 8.42. The second kappa shape index (κ2) is 6.36. The molecule has 0 radical (unpaired) electrons. The second-order valence-electron chi connectivity index (χ2n) is 4.87. The summed E-state index contributed by atoms with van der Waals surface area (Å²) < 4.78 is 0. The van der Waals surface area contributed by atoms with Gasteiger partial charge in [-0.15, -0.1) is 0 Å². The number of halogens is 1. The molecule has 1 atom stereocenters. The van der Waals surface area contributed by atoms with Crippen LogP contribution in [0.4, 0.5) is 0 Å². The summed E-state index contributed by atoms with van der Waals surface area (Å²) in [5.41, 5.74) is 1.10. The average Bonchev–Trinajstić information content (AvgIpc) is 2.32. The summed E-state index contributed by atoms with van der Waals surface area (Å²) in [4.78, 5) is 6.98. The van der Waals surface area contributed by atoms with Gasteiger partial charge in [-0.25, -0.2) is 0 Å². The van der Waals surface area contributed by atoms with Gasteiger partial charge in [-0.3, -0.25) is 9.88 Å². The van der Waals surface area contributed by atoms with E-state index in [-0.39, 0.29) is 0 Å². The molecule has 2 heterocycles. The van der Waals surface area contributed by atoms with Crippen LogP contribution in [0.15, 0.2) is 18.3 Å². The molecule has 1 aromatic rings. The van der Waals surface area contributed by atoms with Gasteiger partial charge in [0.15, 0.2) is 0 Å². The Bertz CT molecular complexity index is 352. The van der Waals surface area contributed by atoms with Crippen molar-refractivity contribution in [1.29, 1.82) is 0 Å². The molecule has 0 saturated carbocycles. The first kappa shape index (κ1) is 12.8. The molecule has 3 heteroatoms. The summed E-state index contributed by atoms with van der Waals surface area (Å²) in [5.74, 6) is 0. The molecule has 0 bridgehead atoms. The monoisotopic (exact) mass is 252 g/mol. The minimum Gasteiger partial charge on any atom is -0.295 e. The zero-order valence-electron chi connectivity index (χ0n) is 10.5. The quantitative estimate of drug-likeness (QED) is 0.808. The van der Waals surface area contributed by atoms with Gasteiger partial charge in [0.2, 0.25) is 0 Å². The highest BCUT2D eigenvalue weighted by molar-refractivity contribution is 6.30. The lowest BCUT2D eigenvalue weighted by molar-refractivity contribution is 0.130. The Morgan fingerprint density at radius 3 is 3.12 bits per heavy atom. The molecule has 1 aliphatic rings. The molecule has 0 spiro atoms. The van der Waals surface area contributed by atoms with E-state index in [1.807, 2.05) is 12.1 Å². The van der Waals surface area contributed by atoms with Gasteiger partial charge in [-0.2, -0.15) is 0 Å². The van der Waals surface area contributed by atoms with Crippen LogP contribution in [0.2, 0.25) is 5.02 Å². The SMILES string of the molecule is CCCC1CCCCN1Cc1cc(Cl)ccn1. The van der Waals surface area contributed by atoms with Crippen molar-refractivity contribution in [2.24, 2.45) is 0 Å². The third-order valence-corrected chi connectivity index (χ3v) is 3.75. The first-order valence-electron chi connectivity index (χ1n) is 6.64. The lowest BCUT2D eigenvalue weighted by Gasteiger charge is -2.35. The van der Waals surface area contributed by atoms with Gasteiger partial charge >= 0.3 is 0 Å². The maximum absolute atomic E-state index is 6.00. The van der Waals surface area contributed by atoms with Gasteiger partial charge in [0.05, 0.1) is 5.69 Å². The summed E-state index contributed by atoms with van der Waals surface area (Å²) >= 11 is 6.00. The minimum absolute atomic E-state index is 0.745. The Morgan fingerprint density at radius 2 is 2.35 bits per heavy atom. The summed E-state index contributed by atoms with van der Waals surface area (Å²) in [6.45, 7) is 4.43. The van der Waals surface area contributed by atoms with E-state index in [0.717, 1.165) is 23.3 Å². The molecular formula is C14H21ClN2. The first-order chi connectivity index (χ1) is 8.29. The summed E-state index contributed by atoms with van der Waals surface area (Å²) in [6, 6.07) is 4.57. The van der Waals surface area contributed by atoms with Crippen molar-refractivity contribution in [3.05, 3.63) is 29.0 Å². The standard InChI is InChI=1S/C14H21ClN2/c1-2-5-14-6-3-4-9-17(14)11-13-10-12(15)7-8-16-13/h7-8,10,14H,2-6,9,11H2,1H3. The molecule has 1 aromatic heterocycles. The number of aromatic nitrogens is 1. The zero-order valence-corrected chi connectivity index (χ0v) is 11.3. The fraction of sp³-hybridized carbons (Fsp3) is 0.643. The van der Waals surface area contributed by atoms with Gasteiger partial charge in [0.1, 0.15) is 0 Å². The molecule has 1 unspecified atom stereocenters. The Labute approximate surface area is 109 Å². The molecule has 2 nitrogen and oxygen atoms in total. The maximum Gasteiger partial charge on any atom is 0.0558 e. The Morgan fingerprint density at radius 1 is 1.47 bits per heavy atom. The fourth-order valence-electron chi connectivity index (χ4n) is 2.67. The van der Waals surface area contributed by atoms with Gasteiger partial charge in [-0.05, 0) is 37.9 Å². The highest BCUT2D eigenvalue weighted by Gasteiger charge is 2.21. The maximum atomic E-state index is 6.00. The number of nitrogens with zero attached hydrogens (tertiary/aromatic N) is 2. The van der Waals surface area contributed by atoms with E-state index < -0.39 is 0 Å². The van der Waals surface area contributed by atoms with Gasteiger partial charge in [0, 0.05) is 23.8 Å². The van der Waals surface area contributed by atoms with E-state index >= 15 is 0 Å². The molecule has 0 N–H and O–H groups in total. The number of piperidine rings is 1. The Hall–Kier alpha value is -0.600. The third kappa shape index (κ3) is 3.68. The molecule has 17 heavy (non-hydrogen) atoms. The number of hydrogen-bond donors (Lipinski definition) is 0. The normalized spacial score (nSPS) is 21.6. The topological polar surface area (TPSA) is 16.1 Å². The van der Waals surface area contributed by atoms with E-state index in [1.54, 1.807) is 6.20 Å². The van der Waals surface area contributed by atoms with E-state index in [0.29, 0.717) is 0 Å². The van der Waals surface area contributed by atoms with Crippen molar-refractivity contribution in [3.63, 3.8) is 0 Å². The molecule has 1 fully saturated rings. The van der Waals surface area contributed by atoms with Gasteiger partial charge in [-0.1, -0.05) is 31.4 Å². The predicted octanol–water partition coefficient (Wildman–Crippen LogP) is 3.89. The van der Waals surface area contributed by atoms with E-state index in [1.165, 1.54) is 38.6 Å². The van der Waals surface area contributed by atoms with Crippen molar-refractivity contribution < 1.29 is 0 Å². The van der Waals surface area contributed by atoms with Crippen LogP contribution in [0.3, 0.4) is 0 Å². The number of rotatable bonds is 4. The van der Waals surface area contributed by atoms with Crippen LogP contribution < -0.4 is 0 Å². The van der Waals surface area contributed by atoms with E-state index in [4.69, 9.17) is 11.6 Å². The summed E-state index contributed by atoms with van der Waals surface area (Å²) in [5, 5.41) is 0.791. The molecule has 1 aliphatic heterocycles. The summed E-state index contributed by atoms with van der Waals surface area (Å²) in [7, 11) is 0.